The van der Waals surface area contributed by atoms with Gasteiger partial charge in [-0.15, -0.1) is 0 Å². The second-order valence-electron chi connectivity index (χ2n) is 7.78. The molecule has 0 spiro atoms. The molecule has 1 atom stereocenters. The molecule has 0 saturated heterocycles. The Bertz CT molecular complexity index is 975. The maximum absolute atomic E-state index is 5.02. The lowest BCUT2D eigenvalue weighted by Gasteiger charge is -2.32. The Labute approximate surface area is 171 Å². The van der Waals surface area contributed by atoms with Crippen LogP contribution in [0.2, 0.25) is 0 Å². The number of rotatable bonds is 6. The molecule has 0 bridgehead atoms. The minimum absolute atomic E-state index is 0.288. The summed E-state index contributed by atoms with van der Waals surface area (Å²) in [5.41, 5.74) is 10.5. The summed E-state index contributed by atoms with van der Waals surface area (Å²) in [6.07, 6.45) is 2.02. The summed E-state index contributed by atoms with van der Waals surface area (Å²) in [5.74, 6) is 2.73. The SMILES string of the molecule is CN(CCc1ccccc1)c1nc2c3c(n1)N(Cc1ccccc1)CCC3NN2. The van der Waals surface area contributed by atoms with Gasteiger partial charge in [-0.25, -0.2) is 5.43 Å². The summed E-state index contributed by atoms with van der Waals surface area (Å²) in [4.78, 5) is 14.4. The highest BCUT2D eigenvalue weighted by Gasteiger charge is 2.35. The molecule has 6 nitrogen and oxygen atoms in total. The van der Waals surface area contributed by atoms with E-state index in [9.17, 15) is 0 Å². The third-order valence-electron chi connectivity index (χ3n) is 5.75. The molecule has 0 saturated carbocycles. The van der Waals surface area contributed by atoms with E-state index in [0.717, 1.165) is 50.1 Å². The van der Waals surface area contributed by atoms with Crippen LogP contribution in [0.15, 0.2) is 60.7 Å². The molecule has 29 heavy (non-hydrogen) atoms. The fraction of sp³-hybridized carbons (Fsp3) is 0.304. The molecular formula is C23H26N6. The maximum atomic E-state index is 5.02. The van der Waals surface area contributed by atoms with E-state index >= 15 is 0 Å². The molecule has 3 heterocycles. The van der Waals surface area contributed by atoms with Gasteiger partial charge in [0, 0.05) is 26.7 Å². The van der Waals surface area contributed by atoms with Crippen LogP contribution in [0.3, 0.4) is 0 Å². The fourth-order valence-electron chi connectivity index (χ4n) is 4.11. The number of anilines is 3. The minimum Gasteiger partial charge on any atom is -0.352 e. The van der Waals surface area contributed by atoms with Crippen molar-refractivity contribution >= 4 is 17.6 Å². The quantitative estimate of drug-likeness (QED) is 0.676. The Morgan fingerprint density at radius 1 is 1.00 bits per heavy atom. The van der Waals surface area contributed by atoms with Crippen molar-refractivity contribution < 1.29 is 0 Å². The van der Waals surface area contributed by atoms with Gasteiger partial charge in [-0.2, -0.15) is 9.97 Å². The number of hydrogen-bond donors (Lipinski definition) is 2. The first-order valence-electron chi connectivity index (χ1n) is 10.3. The number of aromatic nitrogens is 2. The van der Waals surface area contributed by atoms with Crippen molar-refractivity contribution in [1.82, 2.24) is 15.4 Å². The van der Waals surface area contributed by atoms with Gasteiger partial charge in [-0.3, -0.25) is 0 Å². The van der Waals surface area contributed by atoms with Gasteiger partial charge in [0.2, 0.25) is 5.95 Å². The normalized spacial score (nSPS) is 17.0. The molecule has 148 valence electrons. The van der Waals surface area contributed by atoms with Crippen LogP contribution in [-0.4, -0.2) is 30.1 Å². The standard InChI is InChI=1S/C23H26N6/c1-28(14-12-17-8-4-2-5-9-17)23-24-21-20-19(26-27-21)13-15-29(22(20)25-23)16-18-10-6-3-7-11-18/h2-11,19,26H,12-16H2,1H3,(H,24,25,27). The second-order valence-corrected chi connectivity index (χ2v) is 7.78. The molecule has 2 aromatic carbocycles. The van der Waals surface area contributed by atoms with Gasteiger partial charge >= 0.3 is 0 Å². The van der Waals surface area contributed by atoms with Crippen molar-refractivity contribution in [1.29, 1.82) is 0 Å². The van der Waals surface area contributed by atoms with Gasteiger partial charge in [0.1, 0.15) is 5.82 Å². The summed E-state index contributed by atoms with van der Waals surface area (Å²) in [6, 6.07) is 21.5. The van der Waals surface area contributed by atoms with Crippen molar-refractivity contribution in [3.63, 3.8) is 0 Å². The first-order chi connectivity index (χ1) is 14.3. The van der Waals surface area contributed by atoms with Gasteiger partial charge in [-0.05, 0) is 24.0 Å². The van der Waals surface area contributed by atoms with E-state index in [2.05, 4.69) is 88.4 Å². The Kier molecular flexibility index (Phi) is 4.77. The smallest absolute Gasteiger partial charge is 0.229 e. The minimum atomic E-state index is 0.288. The van der Waals surface area contributed by atoms with Gasteiger partial charge < -0.3 is 15.2 Å². The molecule has 0 amide bonds. The maximum Gasteiger partial charge on any atom is 0.229 e. The van der Waals surface area contributed by atoms with Crippen LogP contribution in [0.25, 0.3) is 0 Å². The number of likely N-dealkylation sites (N-methyl/N-ethyl adjacent to an activating group) is 1. The Hall–Kier alpha value is -3.12. The topological polar surface area (TPSA) is 56.3 Å². The highest BCUT2D eigenvalue weighted by atomic mass is 15.5. The van der Waals surface area contributed by atoms with Crippen LogP contribution in [0.1, 0.15) is 29.2 Å². The van der Waals surface area contributed by atoms with E-state index in [-0.39, 0.29) is 6.04 Å². The molecule has 2 aliphatic rings. The summed E-state index contributed by atoms with van der Waals surface area (Å²) >= 11 is 0. The highest BCUT2D eigenvalue weighted by molar-refractivity contribution is 5.67. The van der Waals surface area contributed by atoms with Crippen LogP contribution in [-0.2, 0) is 13.0 Å². The Balaban J connectivity index is 1.41. The zero-order valence-electron chi connectivity index (χ0n) is 16.7. The van der Waals surface area contributed by atoms with E-state index in [4.69, 9.17) is 9.97 Å². The molecule has 6 heteroatoms. The number of hydrazine groups is 1. The third-order valence-corrected chi connectivity index (χ3v) is 5.75. The molecule has 0 radical (unpaired) electrons. The monoisotopic (exact) mass is 386 g/mol. The van der Waals surface area contributed by atoms with Gasteiger partial charge in [0.15, 0.2) is 5.82 Å². The number of nitrogens with one attached hydrogen (secondary N) is 2. The Morgan fingerprint density at radius 3 is 2.48 bits per heavy atom. The van der Waals surface area contributed by atoms with Crippen LogP contribution < -0.4 is 20.7 Å². The summed E-state index contributed by atoms with van der Waals surface area (Å²) in [7, 11) is 2.07. The van der Waals surface area contributed by atoms with Crippen molar-refractivity contribution in [3.05, 3.63) is 77.4 Å². The number of hydrogen-bond acceptors (Lipinski definition) is 6. The highest BCUT2D eigenvalue weighted by Crippen LogP contribution is 2.41. The van der Waals surface area contributed by atoms with Crippen molar-refractivity contribution in [2.75, 3.05) is 35.4 Å². The lowest BCUT2D eigenvalue weighted by molar-refractivity contribution is 0.533. The van der Waals surface area contributed by atoms with Crippen LogP contribution in [0.4, 0.5) is 17.6 Å². The van der Waals surface area contributed by atoms with Crippen LogP contribution in [0.5, 0.6) is 0 Å². The van der Waals surface area contributed by atoms with Crippen molar-refractivity contribution in [2.24, 2.45) is 0 Å². The zero-order chi connectivity index (χ0) is 19.6. The lowest BCUT2D eigenvalue weighted by atomic mass is 10.0. The largest absolute Gasteiger partial charge is 0.352 e. The van der Waals surface area contributed by atoms with Crippen molar-refractivity contribution in [2.45, 2.75) is 25.4 Å². The predicted molar refractivity (Wildman–Crippen MR) is 117 cm³/mol. The molecule has 2 aliphatic heterocycles. The molecule has 0 aliphatic carbocycles. The fourth-order valence-corrected chi connectivity index (χ4v) is 4.11. The number of benzene rings is 2. The van der Waals surface area contributed by atoms with Crippen molar-refractivity contribution in [3.8, 4) is 0 Å². The molecule has 2 N–H and O–H groups in total. The zero-order valence-corrected chi connectivity index (χ0v) is 16.7. The molecular weight excluding hydrogens is 360 g/mol. The van der Waals surface area contributed by atoms with E-state index < -0.39 is 0 Å². The van der Waals surface area contributed by atoms with E-state index in [1.54, 1.807) is 0 Å². The average molecular weight is 387 g/mol. The lowest BCUT2D eigenvalue weighted by Crippen LogP contribution is -2.34. The van der Waals surface area contributed by atoms with Crippen LogP contribution in [0, 0.1) is 0 Å². The van der Waals surface area contributed by atoms with Crippen LogP contribution >= 0.6 is 0 Å². The van der Waals surface area contributed by atoms with Gasteiger partial charge in [0.25, 0.3) is 0 Å². The summed E-state index contributed by atoms with van der Waals surface area (Å²) < 4.78 is 0. The second kappa shape index (κ2) is 7.72. The molecule has 5 rings (SSSR count). The van der Waals surface area contributed by atoms with E-state index in [0.29, 0.717) is 0 Å². The summed E-state index contributed by atoms with van der Waals surface area (Å²) in [6.45, 7) is 2.72. The predicted octanol–water partition coefficient (Wildman–Crippen LogP) is 3.54. The van der Waals surface area contributed by atoms with Gasteiger partial charge in [-0.1, -0.05) is 60.7 Å². The van der Waals surface area contributed by atoms with Gasteiger partial charge in [0.05, 0.1) is 11.6 Å². The Morgan fingerprint density at radius 2 is 1.72 bits per heavy atom. The number of nitrogens with zero attached hydrogens (tertiary/aromatic N) is 4. The molecule has 3 aromatic rings. The third kappa shape index (κ3) is 3.63. The molecule has 1 aromatic heterocycles. The molecule has 1 unspecified atom stereocenters. The summed E-state index contributed by atoms with van der Waals surface area (Å²) in [5, 5.41) is 0. The van der Waals surface area contributed by atoms with E-state index in [1.165, 1.54) is 16.7 Å². The first kappa shape index (κ1) is 17.9. The average Bonchev–Trinajstić information content (AvgIpc) is 3.19. The molecule has 0 fully saturated rings. The van der Waals surface area contributed by atoms with E-state index in [1.807, 2.05) is 0 Å². The first-order valence-corrected chi connectivity index (χ1v) is 10.3.